The first-order valence-electron chi connectivity index (χ1n) is 6.98. The Bertz CT molecular complexity index is 558. The van der Waals surface area contributed by atoms with Crippen LogP contribution in [0.4, 0.5) is 0 Å². The number of ether oxygens (including phenoxy) is 2. The molecule has 0 spiro atoms. The first-order valence-corrected chi connectivity index (χ1v) is 7.62. The zero-order valence-electron chi connectivity index (χ0n) is 14.0. The second-order valence-corrected chi connectivity index (χ2v) is 5.21. The van der Waals surface area contributed by atoms with Crippen molar-refractivity contribution in [3.8, 4) is 0 Å². The van der Waals surface area contributed by atoms with Gasteiger partial charge in [0, 0.05) is 0 Å². The van der Waals surface area contributed by atoms with E-state index < -0.39 is 0 Å². The molecule has 1 saturated heterocycles. The molecular formula is C18H16CrO7. The van der Waals surface area contributed by atoms with Gasteiger partial charge < -0.3 is 0 Å². The standard InChI is InChI=1S/C13H16O2.5CO.Cr/c1-14-8-11-12(9-4-2-3-5-9)10-6-7-15-13(10)11;5*1-2;/h4,10,13H,2-3,5-7H2,1H3;;;;;;. The minimum absolute atomic E-state index is 0.299. The van der Waals surface area contributed by atoms with Gasteiger partial charge in [-0.25, -0.2) is 0 Å². The van der Waals surface area contributed by atoms with Gasteiger partial charge in [-0.15, -0.1) is 0 Å². The van der Waals surface area contributed by atoms with Gasteiger partial charge >= 0.3 is 161 Å². The Labute approximate surface area is 161 Å². The molecular weight excluding hydrogens is 380 g/mol. The Hall–Kier alpha value is -1.50. The molecule has 0 aromatic rings. The van der Waals surface area contributed by atoms with Crippen LogP contribution in [-0.4, -0.2) is 24.4 Å². The van der Waals surface area contributed by atoms with E-state index in [1.54, 1.807) is 12.7 Å². The fourth-order valence-electron chi connectivity index (χ4n) is 3.09. The van der Waals surface area contributed by atoms with E-state index in [1.807, 2.05) is 0 Å². The molecule has 2 unspecified atom stereocenters. The summed E-state index contributed by atoms with van der Waals surface area (Å²) in [5.41, 5.74) is 4.36. The van der Waals surface area contributed by atoms with Crippen molar-refractivity contribution in [2.45, 2.75) is 31.8 Å². The maximum absolute atomic E-state index is 7.50. The number of hydrogen-bond donors (Lipinski definition) is 0. The second-order valence-electron chi connectivity index (χ2n) is 4.63. The molecule has 3 rings (SSSR count). The van der Waals surface area contributed by atoms with Crippen molar-refractivity contribution >= 4 is 4.57 Å². The molecule has 0 aromatic heterocycles. The van der Waals surface area contributed by atoms with Gasteiger partial charge in [-0.3, -0.25) is 0 Å². The first kappa shape index (κ1) is 29.3. The average molecular weight is 396 g/mol. The summed E-state index contributed by atoms with van der Waals surface area (Å²) in [7, 11) is 1.72. The Morgan fingerprint density at radius 2 is 1.62 bits per heavy atom. The summed E-state index contributed by atoms with van der Waals surface area (Å²) in [6, 6.07) is 0. The molecule has 2 aliphatic carbocycles. The van der Waals surface area contributed by atoms with Gasteiger partial charge in [0.05, 0.1) is 0 Å². The zero-order valence-corrected chi connectivity index (χ0v) is 15.3. The molecule has 1 aliphatic heterocycles. The maximum atomic E-state index is 7.50. The number of methoxy groups -OCH3 is 1. The summed E-state index contributed by atoms with van der Waals surface area (Å²) in [5.74, 6) is 0.637. The fraction of sp³-hybridized carbons (Fsp3) is 0.444. The molecule has 26 heavy (non-hydrogen) atoms. The van der Waals surface area contributed by atoms with Crippen molar-refractivity contribution in [3.63, 3.8) is 0 Å². The number of fused-ring (bicyclic) bond motifs is 1. The third-order valence-electron chi connectivity index (χ3n) is 3.83. The minimum atomic E-state index is 0.299. The molecule has 0 saturated carbocycles. The Morgan fingerprint density at radius 1 is 1.08 bits per heavy atom. The molecule has 0 bridgehead atoms. The molecule has 1 heterocycles. The predicted octanol–water partition coefficient (Wildman–Crippen LogP) is 1.95. The summed E-state index contributed by atoms with van der Waals surface area (Å²) in [4.78, 5) is 0. The van der Waals surface area contributed by atoms with Crippen molar-refractivity contribution in [2.24, 2.45) is 5.92 Å². The Kier molecular flexibility index (Phi) is 22.3. The van der Waals surface area contributed by atoms with E-state index in [2.05, 4.69) is 55.2 Å². The fourth-order valence-corrected chi connectivity index (χ4v) is 3.44. The van der Waals surface area contributed by atoms with Crippen molar-refractivity contribution in [1.29, 1.82) is 0 Å². The van der Waals surface area contributed by atoms with Crippen LogP contribution in [0.3, 0.4) is 0 Å². The van der Waals surface area contributed by atoms with Gasteiger partial charge in [0.25, 0.3) is 0 Å². The van der Waals surface area contributed by atoms with Crippen molar-refractivity contribution < 1.29 is 48.6 Å². The summed E-state index contributed by atoms with van der Waals surface area (Å²) in [5, 5.41) is 0. The molecule has 136 valence electrons. The SMILES string of the molecule is CO[C](=[Cr])C1=C(C2=CCCC2)C2CCOC12.[C-]#[O+].[C-]#[O+].[C-]#[O+].[C-]#[O+].[C-]#[O+]. The summed E-state index contributed by atoms with van der Waals surface area (Å²) < 4.78 is 49.5. The normalized spacial score (nSPS) is 20.3. The molecule has 0 aromatic carbocycles. The predicted molar refractivity (Wildman–Crippen MR) is 78.5 cm³/mol. The summed E-state index contributed by atoms with van der Waals surface area (Å²) >= 11 is 3.02. The topological polar surface area (TPSA) is 118 Å². The van der Waals surface area contributed by atoms with Crippen molar-refractivity contribution in [3.05, 3.63) is 56.0 Å². The number of rotatable bonds is 3. The van der Waals surface area contributed by atoms with Crippen LogP contribution in [0.15, 0.2) is 22.8 Å². The van der Waals surface area contributed by atoms with Crippen LogP contribution < -0.4 is 0 Å². The average Bonchev–Trinajstić information content (AvgIpc) is 3.41. The van der Waals surface area contributed by atoms with Crippen molar-refractivity contribution in [1.82, 2.24) is 0 Å². The van der Waals surface area contributed by atoms with Crippen LogP contribution in [-0.2, 0) is 48.6 Å². The molecule has 0 N–H and O–H groups in total. The molecule has 2 atom stereocenters. The van der Waals surface area contributed by atoms with E-state index in [0.29, 0.717) is 12.0 Å². The summed E-state index contributed by atoms with van der Waals surface area (Å²) in [6.45, 7) is 23.4. The quantitative estimate of drug-likeness (QED) is 0.535. The van der Waals surface area contributed by atoms with E-state index in [-0.39, 0.29) is 0 Å². The molecule has 8 heteroatoms. The van der Waals surface area contributed by atoms with Crippen LogP contribution in [0, 0.1) is 39.2 Å². The second kappa shape index (κ2) is 19.8. The van der Waals surface area contributed by atoms with Gasteiger partial charge in [-0.1, -0.05) is 0 Å². The Balaban J connectivity index is -0.000000462. The molecule has 0 radical (unpaired) electrons. The molecule has 0 amide bonds. The van der Waals surface area contributed by atoms with Crippen LogP contribution in [0.5, 0.6) is 0 Å². The van der Waals surface area contributed by atoms with Crippen LogP contribution in [0.25, 0.3) is 0 Å². The van der Waals surface area contributed by atoms with Crippen LogP contribution >= 0.6 is 0 Å². The monoisotopic (exact) mass is 396 g/mol. The van der Waals surface area contributed by atoms with E-state index in [1.165, 1.54) is 36.8 Å². The molecule has 1 fully saturated rings. The van der Waals surface area contributed by atoms with Gasteiger partial charge in [0.2, 0.25) is 0 Å². The van der Waals surface area contributed by atoms with Gasteiger partial charge in [-0.05, 0) is 0 Å². The third-order valence-corrected chi connectivity index (χ3v) is 4.43. The number of allylic oxidation sites excluding steroid dienone is 2. The molecule has 3 aliphatic rings. The summed E-state index contributed by atoms with van der Waals surface area (Å²) in [6.07, 6.45) is 7.65. The van der Waals surface area contributed by atoms with E-state index in [9.17, 15) is 0 Å². The van der Waals surface area contributed by atoms with Gasteiger partial charge in [0.15, 0.2) is 0 Å². The van der Waals surface area contributed by atoms with Gasteiger partial charge in [-0.2, -0.15) is 0 Å². The van der Waals surface area contributed by atoms with E-state index in [4.69, 9.17) is 32.7 Å². The number of hydrogen-bond acceptors (Lipinski definition) is 2. The van der Waals surface area contributed by atoms with E-state index >= 15 is 0 Å². The van der Waals surface area contributed by atoms with Crippen LogP contribution in [0.1, 0.15) is 25.7 Å². The third kappa shape index (κ3) is 7.40. The van der Waals surface area contributed by atoms with Gasteiger partial charge in [0.1, 0.15) is 0 Å². The zero-order chi connectivity index (χ0) is 21.1. The van der Waals surface area contributed by atoms with Crippen molar-refractivity contribution in [2.75, 3.05) is 13.7 Å². The van der Waals surface area contributed by atoms with Crippen LogP contribution in [0.2, 0.25) is 0 Å². The Morgan fingerprint density at radius 3 is 2.04 bits per heavy atom. The molecule has 7 nitrogen and oxygen atoms in total. The van der Waals surface area contributed by atoms with E-state index in [0.717, 1.165) is 11.2 Å². The first-order chi connectivity index (χ1) is 12.8.